The van der Waals surface area contributed by atoms with Crippen LogP contribution in [-0.2, 0) is 13.0 Å². The van der Waals surface area contributed by atoms with Gasteiger partial charge in [0.2, 0.25) is 0 Å². The number of hydrogen-bond donors (Lipinski definition) is 1. The summed E-state index contributed by atoms with van der Waals surface area (Å²) in [5, 5.41) is 10.7. The Labute approximate surface area is 125 Å². The molecule has 0 unspecified atom stereocenters. The van der Waals surface area contributed by atoms with Gasteiger partial charge >= 0.3 is 5.97 Å². The standard InChI is InChI=1S/C17H22N2O2/c1-10(2)19-15-5-6-18(4)9-14(15)12-7-11(3)8-13(16(12)19)17(20)21/h7-8,10H,5-6,9H2,1-4H3,(H,20,21). The second-order valence-corrected chi connectivity index (χ2v) is 6.39. The third-order valence-electron chi connectivity index (χ3n) is 4.36. The summed E-state index contributed by atoms with van der Waals surface area (Å²) >= 11 is 0. The number of nitrogens with zero attached hydrogens (tertiary/aromatic N) is 2. The van der Waals surface area contributed by atoms with Crippen molar-refractivity contribution in [3.8, 4) is 0 Å². The van der Waals surface area contributed by atoms with Crippen LogP contribution < -0.4 is 0 Å². The Morgan fingerprint density at radius 2 is 2.05 bits per heavy atom. The molecule has 0 spiro atoms. The molecule has 1 aliphatic heterocycles. The molecular formula is C17H22N2O2. The monoisotopic (exact) mass is 286 g/mol. The van der Waals surface area contributed by atoms with Crippen LogP contribution in [0.4, 0.5) is 0 Å². The van der Waals surface area contributed by atoms with Crippen LogP contribution in [0, 0.1) is 6.92 Å². The van der Waals surface area contributed by atoms with Crippen molar-refractivity contribution in [1.29, 1.82) is 0 Å². The first-order valence-corrected chi connectivity index (χ1v) is 7.48. The average Bonchev–Trinajstić information content (AvgIpc) is 2.71. The largest absolute Gasteiger partial charge is 0.478 e. The lowest BCUT2D eigenvalue weighted by Gasteiger charge is -2.25. The van der Waals surface area contributed by atoms with E-state index in [4.69, 9.17) is 0 Å². The molecule has 0 amide bonds. The van der Waals surface area contributed by atoms with Gasteiger partial charge in [0.25, 0.3) is 0 Å². The number of carboxylic acids is 1. The number of fused-ring (bicyclic) bond motifs is 3. The molecule has 0 bridgehead atoms. The molecule has 4 nitrogen and oxygen atoms in total. The van der Waals surface area contributed by atoms with Crippen LogP contribution in [0.15, 0.2) is 12.1 Å². The molecule has 2 heterocycles. The van der Waals surface area contributed by atoms with Gasteiger partial charge in [-0.2, -0.15) is 0 Å². The van der Waals surface area contributed by atoms with E-state index in [1.54, 1.807) is 6.07 Å². The maximum atomic E-state index is 11.7. The van der Waals surface area contributed by atoms with Gasteiger partial charge in [0.1, 0.15) is 0 Å². The van der Waals surface area contributed by atoms with E-state index in [2.05, 4.69) is 36.4 Å². The van der Waals surface area contributed by atoms with Crippen molar-refractivity contribution >= 4 is 16.9 Å². The maximum absolute atomic E-state index is 11.7. The molecular weight excluding hydrogens is 264 g/mol. The Morgan fingerprint density at radius 1 is 1.33 bits per heavy atom. The number of aromatic nitrogens is 1. The van der Waals surface area contributed by atoms with Crippen LogP contribution in [0.1, 0.15) is 47.1 Å². The van der Waals surface area contributed by atoms with Gasteiger partial charge in [0, 0.05) is 36.6 Å². The minimum absolute atomic E-state index is 0.264. The first-order chi connectivity index (χ1) is 9.90. The van der Waals surface area contributed by atoms with Crippen molar-refractivity contribution in [2.24, 2.45) is 0 Å². The van der Waals surface area contributed by atoms with Crippen LogP contribution in [-0.4, -0.2) is 34.1 Å². The lowest BCUT2D eigenvalue weighted by Crippen LogP contribution is -2.27. The second kappa shape index (κ2) is 4.88. The number of carboxylic acid groups (broad SMARTS) is 1. The lowest BCUT2D eigenvalue weighted by molar-refractivity contribution is 0.0698. The predicted octanol–water partition coefficient (Wildman–Crippen LogP) is 3.22. The summed E-state index contributed by atoms with van der Waals surface area (Å²) in [7, 11) is 2.12. The van der Waals surface area contributed by atoms with Crippen LogP contribution in [0.5, 0.6) is 0 Å². The van der Waals surface area contributed by atoms with E-state index in [0.29, 0.717) is 5.56 Å². The highest BCUT2D eigenvalue weighted by Crippen LogP contribution is 2.35. The molecule has 0 radical (unpaired) electrons. The van der Waals surface area contributed by atoms with Crippen molar-refractivity contribution < 1.29 is 9.90 Å². The number of likely N-dealkylation sites (N-methyl/N-ethyl adjacent to an activating group) is 1. The molecule has 112 valence electrons. The molecule has 2 aromatic rings. The number of hydrogen-bond acceptors (Lipinski definition) is 2. The Bertz CT molecular complexity index is 728. The quantitative estimate of drug-likeness (QED) is 0.922. The minimum atomic E-state index is -0.839. The van der Waals surface area contributed by atoms with Gasteiger partial charge in [-0.1, -0.05) is 0 Å². The highest BCUT2D eigenvalue weighted by molar-refractivity contribution is 6.04. The van der Waals surface area contributed by atoms with Gasteiger partial charge in [-0.3, -0.25) is 0 Å². The van der Waals surface area contributed by atoms with E-state index in [1.807, 2.05) is 6.92 Å². The molecule has 0 saturated carbocycles. The van der Waals surface area contributed by atoms with E-state index in [0.717, 1.165) is 36.0 Å². The molecule has 0 atom stereocenters. The zero-order valence-electron chi connectivity index (χ0n) is 13.1. The summed E-state index contributed by atoms with van der Waals surface area (Å²) < 4.78 is 2.24. The molecule has 0 aliphatic carbocycles. The molecule has 1 aliphatic rings. The molecule has 21 heavy (non-hydrogen) atoms. The van der Waals surface area contributed by atoms with Crippen LogP contribution in [0.3, 0.4) is 0 Å². The normalized spacial score (nSPS) is 15.7. The van der Waals surface area contributed by atoms with Gasteiger partial charge in [0.15, 0.2) is 0 Å². The average molecular weight is 286 g/mol. The van der Waals surface area contributed by atoms with E-state index in [-0.39, 0.29) is 6.04 Å². The number of aryl methyl sites for hydroxylation is 1. The van der Waals surface area contributed by atoms with E-state index in [1.165, 1.54) is 11.3 Å². The Kier molecular flexibility index (Phi) is 3.29. The second-order valence-electron chi connectivity index (χ2n) is 6.39. The smallest absolute Gasteiger partial charge is 0.337 e. The van der Waals surface area contributed by atoms with Gasteiger partial charge in [0.05, 0.1) is 11.1 Å². The molecule has 0 saturated heterocycles. The summed E-state index contributed by atoms with van der Waals surface area (Å²) in [5.41, 5.74) is 4.95. The van der Waals surface area contributed by atoms with Gasteiger partial charge in [-0.15, -0.1) is 0 Å². The van der Waals surface area contributed by atoms with Crippen molar-refractivity contribution in [2.45, 2.75) is 39.8 Å². The summed E-state index contributed by atoms with van der Waals surface area (Å²) in [5.74, 6) is -0.839. The maximum Gasteiger partial charge on any atom is 0.337 e. The molecule has 3 rings (SSSR count). The van der Waals surface area contributed by atoms with Crippen molar-refractivity contribution in [2.75, 3.05) is 13.6 Å². The molecule has 4 heteroatoms. The van der Waals surface area contributed by atoms with Crippen LogP contribution in [0.2, 0.25) is 0 Å². The summed E-state index contributed by atoms with van der Waals surface area (Å²) in [6, 6.07) is 4.19. The third kappa shape index (κ3) is 2.14. The van der Waals surface area contributed by atoms with Crippen molar-refractivity contribution in [3.05, 3.63) is 34.5 Å². The fourth-order valence-corrected chi connectivity index (χ4v) is 3.53. The third-order valence-corrected chi connectivity index (χ3v) is 4.36. The van der Waals surface area contributed by atoms with Crippen LogP contribution >= 0.6 is 0 Å². The summed E-state index contributed by atoms with van der Waals surface area (Å²) in [4.78, 5) is 14.0. The van der Waals surface area contributed by atoms with Crippen molar-refractivity contribution in [3.63, 3.8) is 0 Å². The first-order valence-electron chi connectivity index (χ1n) is 7.48. The fourth-order valence-electron chi connectivity index (χ4n) is 3.53. The van der Waals surface area contributed by atoms with Crippen LogP contribution in [0.25, 0.3) is 10.9 Å². The van der Waals surface area contributed by atoms with E-state index >= 15 is 0 Å². The first kappa shape index (κ1) is 14.1. The number of benzene rings is 1. The van der Waals surface area contributed by atoms with Gasteiger partial charge in [-0.25, -0.2) is 4.79 Å². The SMILES string of the molecule is Cc1cc(C(=O)O)c2c(c1)c1c(n2C(C)C)CCN(C)C1. The number of aromatic carboxylic acids is 1. The summed E-state index contributed by atoms with van der Waals surface area (Å²) in [6.45, 7) is 8.15. The topological polar surface area (TPSA) is 45.5 Å². The zero-order chi connectivity index (χ0) is 15.3. The van der Waals surface area contributed by atoms with E-state index in [9.17, 15) is 9.90 Å². The molecule has 1 aromatic carbocycles. The Hall–Kier alpha value is -1.81. The zero-order valence-corrected chi connectivity index (χ0v) is 13.1. The Balaban J connectivity index is 2.44. The highest BCUT2D eigenvalue weighted by Gasteiger charge is 2.26. The number of carbonyl (C=O) groups is 1. The van der Waals surface area contributed by atoms with E-state index < -0.39 is 5.97 Å². The molecule has 1 aromatic heterocycles. The highest BCUT2D eigenvalue weighted by atomic mass is 16.4. The lowest BCUT2D eigenvalue weighted by atomic mass is 10.0. The van der Waals surface area contributed by atoms with Gasteiger partial charge < -0.3 is 14.6 Å². The number of rotatable bonds is 2. The minimum Gasteiger partial charge on any atom is -0.478 e. The Morgan fingerprint density at radius 3 is 2.67 bits per heavy atom. The van der Waals surface area contributed by atoms with Gasteiger partial charge in [-0.05, 0) is 51.1 Å². The summed E-state index contributed by atoms with van der Waals surface area (Å²) in [6.07, 6.45) is 0.983. The molecule has 0 fully saturated rings. The molecule has 1 N–H and O–H groups in total. The predicted molar refractivity (Wildman–Crippen MR) is 84.1 cm³/mol. The van der Waals surface area contributed by atoms with Crippen molar-refractivity contribution in [1.82, 2.24) is 9.47 Å². The fraction of sp³-hybridized carbons (Fsp3) is 0.471.